The van der Waals surface area contributed by atoms with Crippen LogP contribution >= 0.6 is 0 Å². The van der Waals surface area contributed by atoms with Gasteiger partial charge in [0.1, 0.15) is 121 Å². The topological polar surface area (TPSA) is 273 Å². The van der Waals surface area contributed by atoms with E-state index in [9.17, 15) is 0 Å². The number of benzene rings is 4. The normalized spacial score (nSPS) is 19.7. The summed E-state index contributed by atoms with van der Waals surface area (Å²) in [6.07, 6.45) is 3.52. The van der Waals surface area contributed by atoms with Crippen molar-refractivity contribution in [3.63, 3.8) is 0 Å². The minimum absolute atomic E-state index is 0.294. The van der Waals surface area contributed by atoms with Gasteiger partial charge in [-0.25, -0.2) is 29.9 Å². The number of piperidine rings is 1. The molecule has 17 rings (SSSR count). The predicted octanol–water partition coefficient (Wildman–Crippen LogP) is 5.71. The molecule has 0 atom stereocenters. The monoisotopic (exact) mass is 1540 g/mol. The molecule has 10 aliphatic heterocycles. The first-order valence-electron chi connectivity index (χ1n) is 40.9. The van der Waals surface area contributed by atoms with E-state index in [0.29, 0.717) is 327 Å². The van der Waals surface area contributed by atoms with Crippen LogP contribution in [0.3, 0.4) is 0 Å². The Kier molecular flexibility index (Phi) is 26.0. The number of aromatic amines is 2. The number of likely N-dealkylation sites (tertiary alicyclic amines) is 1. The number of morpholine rings is 7. The fraction of sp³-hybridized carbons (Fsp3) is 0.605. The fourth-order valence-corrected chi connectivity index (χ4v) is 16.3. The van der Waals surface area contributed by atoms with Gasteiger partial charge in [-0.2, -0.15) is 0 Å². The van der Waals surface area contributed by atoms with E-state index in [0.717, 1.165) is 124 Å². The van der Waals surface area contributed by atoms with Crippen molar-refractivity contribution in [1.82, 2.24) is 79.1 Å². The van der Waals surface area contributed by atoms with Gasteiger partial charge in [-0.05, 0) is 74.5 Å². The molecule has 2 N–H and O–H groups in total. The Morgan fingerprint density at radius 1 is 0.223 bits per heavy atom. The SMILES string of the molecule is c1cc(OCCN2CCOCC2)c2c(c1OCCN1CCCCC1)-c1nc3nc(nc4[nH]c(nc5[nH]c(nc-2n1)c1c(OCCN2CCOCC2)ccc(OCCN2CCOCC2)c51)c1c(OCCN2CCOCC2)ccc(OCCN2CCOCC2)c41)-c1c(OCCN2CCOCC2)ccc(OCCN2CCOCC2)c1-3. The van der Waals surface area contributed by atoms with Crippen molar-refractivity contribution < 1.29 is 71.1 Å². The van der Waals surface area contributed by atoms with Gasteiger partial charge in [0.25, 0.3) is 0 Å². The molecule has 0 saturated carbocycles. The summed E-state index contributed by atoms with van der Waals surface area (Å²) in [5.41, 5.74) is 4.04. The van der Waals surface area contributed by atoms with Crippen molar-refractivity contribution in [3.05, 3.63) is 48.5 Å². The van der Waals surface area contributed by atoms with Gasteiger partial charge in [-0.3, -0.25) is 39.2 Å². The van der Waals surface area contributed by atoms with Gasteiger partial charge >= 0.3 is 0 Å². The number of aromatic nitrogens is 8. The molecule has 7 aromatic rings. The molecule has 8 bridgehead atoms. The van der Waals surface area contributed by atoms with Gasteiger partial charge in [-0.15, -0.1) is 0 Å². The quantitative estimate of drug-likeness (QED) is 0.0511. The Morgan fingerprint density at radius 2 is 0.411 bits per heavy atom. The zero-order valence-electron chi connectivity index (χ0n) is 64.7. The number of hydrogen-bond acceptors (Lipinski definition) is 29. The molecule has 112 heavy (non-hydrogen) atoms. The first-order chi connectivity index (χ1) is 55.5. The smallest absolute Gasteiger partial charge is 0.168 e. The van der Waals surface area contributed by atoms with Crippen molar-refractivity contribution >= 4 is 44.1 Å². The molecule has 4 aromatic carbocycles. The first-order valence-corrected chi connectivity index (χ1v) is 40.9. The van der Waals surface area contributed by atoms with E-state index in [4.69, 9.17) is 101 Å². The highest BCUT2D eigenvalue weighted by Crippen LogP contribution is 2.51. The highest BCUT2D eigenvalue weighted by molar-refractivity contribution is 6.14. The summed E-state index contributed by atoms with van der Waals surface area (Å²) < 4.78 is 97.3. The highest BCUT2D eigenvalue weighted by atomic mass is 16.5. The standard InChI is InChI=1S/C81H108N16O15/c1-2-12-90(13-3-1)28-50-105-58-4-5-59(106-51-29-91-14-36-98-37-15-91)67-66(58)74-82-75(67)84-77-70-62(109-54-32-94-20-42-101-43-21-94)8-9-63(110-55-33-95-22-44-102-45-23-95)71(70)79(86-77)88-81-73-65(112-57-35-97-26-48-104-49-27-97)11-10-64(111-56-34-96-24-46-103-47-25-96)72(73)80(89-81)87-78-69-61(108-53-31-93-18-40-100-41-19-93)7-6-60(68(69)76(83-74)85-78)107-52-30-92-16-38-99-39-17-92/h4-11H,1-3,12-57H2,(H2,82,83,84,85,86,87,88,89). The predicted molar refractivity (Wildman–Crippen MR) is 421 cm³/mol. The van der Waals surface area contributed by atoms with Gasteiger partial charge in [0, 0.05) is 144 Å². The lowest BCUT2D eigenvalue weighted by molar-refractivity contribution is 0.0320. The van der Waals surface area contributed by atoms with Crippen LogP contribution in [0.15, 0.2) is 48.5 Å². The van der Waals surface area contributed by atoms with E-state index in [1.165, 1.54) is 6.42 Å². The van der Waals surface area contributed by atoms with Crippen molar-refractivity contribution in [2.24, 2.45) is 0 Å². The minimum atomic E-state index is 0.294. The maximum Gasteiger partial charge on any atom is 0.168 e. The maximum atomic E-state index is 7.11. The molecular weight excluding hydrogens is 1440 g/mol. The lowest BCUT2D eigenvalue weighted by Crippen LogP contribution is -2.38. The number of rotatable bonds is 32. The van der Waals surface area contributed by atoms with E-state index in [1.54, 1.807) is 0 Å². The van der Waals surface area contributed by atoms with Crippen LogP contribution in [0, 0.1) is 0 Å². The third-order valence-electron chi connectivity index (χ3n) is 22.6. The van der Waals surface area contributed by atoms with Crippen LogP contribution in [0.1, 0.15) is 19.3 Å². The Balaban J connectivity index is 0.925. The zero-order chi connectivity index (χ0) is 75.0. The number of ether oxygens (including phenoxy) is 15. The lowest BCUT2D eigenvalue weighted by Gasteiger charge is -2.27. The molecule has 602 valence electrons. The summed E-state index contributed by atoms with van der Waals surface area (Å²) in [5.74, 6) is 5.71. The summed E-state index contributed by atoms with van der Waals surface area (Å²) in [6, 6.07) is 15.9. The van der Waals surface area contributed by atoms with E-state index in [-0.39, 0.29) is 0 Å². The number of nitrogens with one attached hydrogen (secondary N) is 2. The molecule has 31 heteroatoms. The zero-order valence-corrected chi connectivity index (χ0v) is 64.7. The third kappa shape index (κ3) is 18.7. The van der Waals surface area contributed by atoms with Gasteiger partial charge in [0.15, 0.2) is 23.3 Å². The number of H-pyrrole nitrogens is 2. The molecule has 8 saturated heterocycles. The van der Waals surface area contributed by atoms with Crippen molar-refractivity contribution in [1.29, 1.82) is 0 Å². The molecule has 0 unspecified atom stereocenters. The van der Waals surface area contributed by atoms with E-state index < -0.39 is 0 Å². The molecule has 31 nitrogen and oxygen atoms in total. The molecular formula is C81H108N16O15. The second-order valence-electron chi connectivity index (χ2n) is 29.7. The maximum absolute atomic E-state index is 7.11. The average molecular weight is 1550 g/mol. The Hall–Kier alpha value is -7.96. The van der Waals surface area contributed by atoms with Gasteiger partial charge < -0.3 is 81.0 Å². The van der Waals surface area contributed by atoms with Crippen LogP contribution in [0.4, 0.5) is 0 Å². The van der Waals surface area contributed by atoms with Crippen LogP contribution < -0.4 is 37.9 Å². The Labute approximate surface area is 653 Å². The summed E-state index contributed by atoms with van der Waals surface area (Å²) >= 11 is 0. The summed E-state index contributed by atoms with van der Waals surface area (Å²) in [7, 11) is 0. The van der Waals surface area contributed by atoms with Crippen LogP contribution in [0.2, 0.25) is 0 Å². The van der Waals surface area contributed by atoms with Crippen LogP contribution in [0.25, 0.3) is 89.7 Å². The Bertz CT molecular complexity index is 4180. The van der Waals surface area contributed by atoms with Gasteiger partial charge in [0.05, 0.1) is 136 Å². The molecule has 8 fully saturated rings. The van der Waals surface area contributed by atoms with E-state index >= 15 is 0 Å². The summed E-state index contributed by atoms with van der Waals surface area (Å²) in [6.45, 7) is 30.8. The van der Waals surface area contributed by atoms with Crippen molar-refractivity contribution in [2.45, 2.75) is 19.3 Å². The van der Waals surface area contributed by atoms with E-state index in [1.807, 2.05) is 48.5 Å². The van der Waals surface area contributed by atoms with Crippen LogP contribution in [-0.4, -0.2) is 381 Å². The van der Waals surface area contributed by atoms with Crippen molar-refractivity contribution in [3.8, 4) is 91.5 Å². The Morgan fingerprint density at radius 3 is 0.643 bits per heavy atom. The second-order valence-corrected chi connectivity index (χ2v) is 29.7. The van der Waals surface area contributed by atoms with Gasteiger partial charge in [0.2, 0.25) is 0 Å². The second kappa shape index (κ2) is 38.0. The number of nitrogens with zero attached hydrogens (tertiary/aromatic N) is 14. The first kappa shape index (κ1) is 76.7. The number of hydrogen-bond donors (Lipinski definition) is 2. The van der Waals surface area contributed by atoms with E-state index in [2.05, 4.69) is 49.2 Å². The minimum Gasteiger partial charge on any atom is -0.491 e. The van der Waals surface area contributed by atoms with Crippen molar-refractivity contribution in [2.75, 3.05) is 302 Å². The average Bonchev–Trinajstić information content (AvgIpc) is 1.58. The largest absolute Gasteiger partial charge is 0.491 e. The molecule has 13 heterocycles. The summed E-state index contributed by atoms with van der Waals surface area (Å²) in [5, 5.41) is 2.54. The molecule has 0 amide bonds. The van der Waals surface area contributed by atoms with Crippen LogP contribution in [-0.2, 0) is 33.2 Å². The lowest BCUT2D eigenvalue weighted by atomic mass is 10.0. The molecule has 10 aliphatic rings. The summed E-state index contributed by atoms with van der Waals surface area (Å²) in [4.78, 5) is 61.2. The van der Waals surface area contributed by atoms with Crippen LogP contribution in [0.5, 0.6) is 46.0 Å². The molecule has 3 aromatic heterocycles. The number of fused-ring (bicyclic) bond motifs is 20. The fourth-order valence-electron chi connectivity index (χ4n) is 16.3. The third-order valence-corrected chi connectivity index (χ3v) is 22.6. The molecule has 0 spiro atoms. The molecule has 0 aliphatic carbocycles. The van der Waals surface area contributed by atoms with Gasteiger partial charge in [-0.1, -0.05) is 6.42 Å². The molecule has 0 radical (unpaired) electrons. The highest BCUT2D eigenvalue weighted by Gasteiger charge is 2.35.